The summed E-state index contributed by atoms with van der Waals surface area (Å²) in [6, 6.07) is 3.95. The highest BCUT2D eigenvalue weighted by atomic mass is 16.3. The summed E-state index contributed by atoms with van der Waals surface area (Å²) in [5, 5.41) is 13.5. The quantitative estimate of drug-likeness (QED) is 0.826. The summed E-state index contributed by atoms with van der Waals surface area (Å²) >= 11 is 0. The van der Waals surface area contributed by atoms with Gasteiger partial charge in [0.15, 0.2) is 11.5 Å². The van der Waals surface area contributed by atoms with Gasteiger partial charge in [-0.25, -0.2) is 9.50 Å². The maximum Gasteiger partial charge on any atom is 0.158 e. The second-order valence-electron chi connectivity index (χ2n) is 3.72. The number of nitrogens with zero attached hydrogens (tertiary/aromatic N) is 3. The fourth-order valence-corrected chi connectivity index (χ4v) is 1.62. The van der Waals surface area contributed by atoms with Crippen molar-refractivity contribution in [1.29, 1.82) is 0 Å². The molecule has 1 unspecified atom stereocenters. The molecule has 1 N–H and O–H groups in total. The molecule has 0 aliphatic carbocycles. The number of pyridine rings is 1. The van der Waals surface area contributed by atoms with Gasteiger partial charge in [0.1, 0.15) is 0 Å². The molecule has 80 valence electrons. The third-order valence-corrected chi connectivity index (χ3v) is 2.65. The van der Waals surface area contributed by atoms with E-state index in [-0.39, 0.29) is 12.5 Å². The summed E-state index contributed by atoms with van der Waals surface area (Å²) in [4.78, 5) is 4.45. The molecule has 2 rings (SSSR count). The van der Waals surface area contributed by atoms with Gasteiger partial charge < -0.3 is 5.11 Å². The van der Waals surface area contributed by atoms with E-state index in [0.717, 1.165) is 23.5 Å². The Labute approximate surface area is 88.6 Å². The van der Waals surface area contributed by atoms with Crippen molar-refractivity contribution in [3.63, 3.8) is 0 Å². The minimum absolute atomic E-state index is 0.0456. The Hall–Kier alpha value is -1.42. The lowest BCUT2D eigenvalue weighted by molar-refractivity contribution is 0.257. The van der Waals surface area contributed by atoms with Crippen LogP contribution in [0.5, 0.6) is 0 Å². The van der Waals surface area contributed by atoms with Gasteiger partial charge in [-0.3, -0.25) is 0 Å². The van der Waals surface area contributed by atoms with E-state index in [0.29, 0.717) is 0 Å². The van der Waals surface area contributed by atoms with Crippen LogP contribution in [0.25, 0.3) is 5.65 Å². The summed E-state index contributed by atoms with van der Waals surface area (Å²) < 4.78 is 1.77. The third-order valence-electron chi connectivity index (χ3n) is 2.65. The van der Waals surface area contributed by atoms with Gasteiger partial charge in [0, 0.05) is 12.1 Å². The Morgan fingerprint density at radius 3 is 2.93 bits per heavy atom. The molecule has 0 radical (unpaired) electrons. The van der Waals surface area contributed by atoms with Crippen LogP contribution in [0, 0.1) is 6.92 Å². The average molecular weight is 205 g/mol. The van der Waals surface area contributed by atoms with Crippen molar-refractivity contribution in [3.8, 4) is 0 Å². The molecule has 1 atom stereocenters. The Bertz CT molecular complexity index is 460. The van der Waals surface area contributed by atoms with Gasteiger partial charge in [0.05, 0.1) is 6.61 Å². The van der Waals surface area contributed by atoms with Gasteiger partial charge in [0.2, 0.25) is 0 Å². The van der Waals surface area contributed by atoms with Crippen molar-refractivity contribution in [2.45, 2.75) is 26.2 Å². The van der Waals surface area contributed by atoms with E-state index < -0.39 is 0 Å². The van der Waals surface area contributed by atoms with E-state index in [1.807, 2.05) is 32.2 Å². The van der Waals surface area contributed by atoms with Gasteiger partial charge in [-0.2, -0.15) is 5.10 Å². The average Bonchev–Trinajstić information content (AvgIpc) is 2.65. The maximum absolute atomic E-state index is 9.18. The van der Waals surface area contributed by atoms with Crippen LogP contribution in [0.3, 0.4) is 0 Å². The standard InChI is InChI=1S/C11H15N3O/c1-3-9(7-15)10-12-11-8(2)5-4-6-14(11)13-10/h4-6,9,15H,3,7H2,1-2H3. The lowest BCUT2D eigenvalue weighted by Crippen LogP contribution is -2.04. The fourth-order valence-electron chi connectivity index (χ4n) is 1.62. The number of aryl methyl sites for hydroxylation is 1. The molecule has 0 aliphatic rings. The highest BCUT2D eigenvalue weighted by Crippen LogP contribution is 2.16. The predicted molar refractivity (Wildman–Crippen MR) is 57.8 cm³/mol. The maximum atomic E-state index is 9.18. The lowest BCUT2D eigenvalue weighted by Gasteiger charge is -2.04. The molecule has 15 heavy (non-hydrogen) atoms. The number of aliphatic hydroxyl groups excluding tert-OH is 1. The highest BCUT2D eigenvalue weighted by Gasteiger charge is 2.14. The first kappa shape index (κ1) is 10.1. The first-order chi connectivity index (χ1) is 7.26. The molecule has 0 saturated heterocycles. The monoisotopic (exact) mass is 205 g/mol. The molecular weight excluding hydrogens is 190 g/mol. The van der Waals surface area contributed by atoms with Gasteiger partial charge in [-0.1, -0.05) is 13.0 Å². The van der Waals surface area contributed by atoms with Crippen molar-refractivity contribution in [1.82, 2.24) is 14.6 Å². The van der Waals surface area contributed by atoms with E-state index >= 15 is 0 Å². The topological polar surface area (TPSA) is 50.4 Å². The van der Waals surface area contributed by atoms with Crippen LogP contribution in [0.4, 0.5) is 0 Å². The van der Waals surface area contributed by atoms with Crippen molar-refractivity contribution >= 4 is 5.65 Å². The first-order valence-corrected chi connectivity index (χ1v) is 5.19. The van der Waals surface area contributed by atoms with Crippen molar-refractivity contribution < 1.29 is 5.11 Å². The van der Waals surface area contributed by atoms with Crippen LogP contribution in [0.1, 0.15) is 30.7 Å². The molecule has 0 bridgehead atoms. The SMILES string of the molecule is CCC(CO)c1nc2c(C)cccn2n1. The Morgan fingerprint density at radius 2 is 2.33 bits per heavy atom. The molecule has 2 aromatic heterocycles. The summed E-state index contributed by atoms with van der Waals surface area (Å²) in [6.07, 6.45) is 2.73. The van der Waals surface area contributed by atoms with Crippen LogP contribution in [-0.4, -0.2) is 26.3 Å². The van der Waals surface area contributed by atoms with Crippen LogP contribution in [0.2, 0.25) is 0 Å². The number of aliphatic hydroxyl groups is 1. The van der Waals surface area contributed by atoms with Gasteiger partial charge in [-0.15, -0.1) is 0 Å². The second kappa shape index (κ2) is 3.98. The summed E-state index contributed by atoms with van der Waals surface area (Å²) in [7, 11) is 0. The largest absolute Gasteiger partial charge is 0.396 e. The molecule has 0 amide bonds. The molecule has 4 nitrogen and oxygen atoms in total. The molecule has 0 aliphatic heterocycles. The Kier molecular flexibility index (Phi) is 2.68. The molecule has 2 aromatic rings. The summed E-state index contributed by atoms with van der Waals surface area (Å²) in [5.74, 6) is 0.776. The third kappa shape index (κ3) is 1.72. The van der Waals surface area contributed by atoms with E-state index in [4.69, 9.17) is 0 Å². The van der Waals surface area contributed by atoms with Crippen LogP contribution in [0.15, 0.2) is 18.3 Å². The molecule has 0 saturated carbocycles. The van der Waals surface area contributed by atoms with Crippen molar-refractivity contribution in [2.75, 3.05) is 6.61 Å². The highest BCUT2D eigenvalue weighted by molar-refractivity contribution is 5.45. The van der Waals surface area contributed by atoms with Gasteiger partial charge >= 0.3 is 0 Å². The van der Waals surface area contributed by atoms with E-state index in [2.05, 4.69) is 10.1 Å². The summed E-state index contributed by atoms with van der Waals surface area (Å²) in [5.41, 5.74) is 1.98. The number of fused-ring (bicyclic) bond motifs is 1. The van der Waals surface area contributed by atoms with E-state index in [1.54, 1.807) is 4.52 Å². The lowest BCUT2D eigenvalue weighted by atomic mass is 10.1. The zero-order chi connectivity index (χ0) is 10.8. The molecule has 4 heteroatoms. The normalized spacial score (nSPS) is 13.3. The second-order valence-corrected chi connectivity index (χ2v) is 3.72. The smallest absolute Gasteiger partial charge is 0.158 e. The van der Waals surface area contributed by atoms with E-state index in [1.165, 1.54) is 0 Å². The predicted octanol–water partition coefficient (Wildman–Crippen LogP) is 1.52. The van der Waals surface area contributed by atoms with Gasteiger partial charge in [0.25, 0.3) is 0 Å². The summed E-state index contributed by atoms with van der Waals surface area (Å²) in [6.45, 7) is 4.14. The van der Waals surface area contributed by atoms with Crippen LogP contribution in [-0.2, 0) is 0 Å². The number of hydrogen-bond donors (Lipinski definition) is 1. The number of hydrogen-bond acceptors (Lipinski definition) is 3. The van der Waals surface area contributed by atoms with Crippen molar-refractivity contribution in [3.05, 3.63) is 29.7 Å². The minimum atomic E-state index is 0.0456. The minimum Gasteiger partial charge on any atom is -0.396 e. The van der Waals surface area contributed by atoms with Crippen LogP contribution >= 0.6 is 0 Å². The molecule has 2 heterocycles. The number of aromatic nitrogens is 3. The first-order valence-electron chi connectivity index (χ1n) is 5.19. The van der Waals surface area contributed by atoms with E-state index in [9.17, 15) is 5.11 Å². The molecule has 0 spiro atoms. The van der Waals surface area contributed by atoms with Gasteiger partial charge in [-0.05, 0) is 25.0 Å². The molecule has 0 aromatic carbocycles. The Balaban J connectivity index is 2.51. The zero-order valence-electron chi connectivity index (χ0n) is 9.01. The Morgan fingerprint density at radius 1 is 1.53 bits per heavy atom. The zero-order valence-corrected chi connectivity index (χ0v) is 9.01. The van der Waals surface area contributed by atoms with Crippen molar-refractivity contribution in [2.24, 2.45) is 0 Å². The molecule has 0 fully saturated rings. The number of rotatable bonds is 3. The van der Waals surface area contributed by atoms with Crippen LogP contribution < -0.4 is 0 Å². The fraction of sp³-hybridized carbons (Fsp3) is 0.455. The molecular formula is C11H15N3O.